The number of furan rings is 1. The van der Waals surface area contributed by atoms with E-state index in [2.05, 4.69) is 23.5 Å². The molecule has 0 spiro atoms. The summed E-state index contributed by atoms with van der Waals surface area (Å²) in [7, 11) is -1.79. The molecule has 2 rings (SSSR count). The van der Waals surface area contributed by atoms with Crippen LogP contribution in [0.2, 0.25) is 0 Å². The van der Waals surface area contributed by atoms with Crippen LogP contribution in [0.4, 0.5) is 0 Å². The summed E-state index contributed by atoms with van der Waals surface area (Å²) in [5, 5.41) is 0. The zero-order valence-electron chi connectivity index (χ0n) is 15.1. The Morgan fingerprint density at radius 2 is 1.92 bits per heavy atom. The maximum Gasteiger partial charge on any atom is 0.279 e. The van der Waals surface area contributed by atoms with E-state index in [0.717, 1.165) is 44.5 Å². The molecule has 1 aliphatic carbocycles. The number of hydrogen-bond donors (Lipinski definition) is 1. The molecule has 1 N–H and O–H groups in total. The van der Waals surface area contributed by atoms with Crippen LogP contribution in [0.1, 0.15) is 57.8 Å². The number of likely N-dealkylation sites (N-methyl/N-ethyl adjacent to an activating group) is 1. The Hall–Kier alpha value is -0.890. The molecular formula is C17H31N3O3S. The second kappa shape index (κ2) is 8.99. The van der Waals surface area contributed by atoms with Crippen LogP contribution in [0.25, 0.3) is 0 Å². The van der Waals surface area contributed by atoms with Gasteiger partial charge in [-0.25, -0.2) is 4.72 Å². The molecule has 1 aromatic heterocycles. The third-order valence-electron chi connectivity index (χ3n) is 5.05. The topological polar surface area (TPSA) is 65.8 Å². The van der Waals surface area contributed by atoms with Crippen LogP contribution in [0.5, 0.6) is 0 Å². The minimum atomic E-state index is -3.48. The van der Waals surface area contributed by atoms with Gasteiger partial charge in [0.25, 0.3) is 10.2 Å². The summed E-state index contributed by atoms with van der Waals surface area (Å²) in [5.74, 6) is 0.793. The van der Waals surface area contributed by atoms with Gasteiger partial charge in [0.15, 0.2) is 0 Å². The normalized spacial score (nSPS) is 18.4. The van der Waals surface area contributed by atoms with E-state index in [1.54, 1.807) is 13.3 Å². The highest BCUT2D eigenvalue weighted by molar-refractivity contribution is 7.87. The van der Waals surface area contributed by atoms with Crippen LogP contribution in [0, 0.1) is 0 Å². The SMILES string of the molecule is CCN(CC)C(CNS(=O)(=O)N(C)C1CCCCC1)c1ccco1. The first-order chi connectivity index (χ1) is 11.5. The number of nitrogens with one attached hydrogen (secondary N) is 1. The van der Waals surface area contributed by atoms with Crippen molar-refractivity contribution < 1.29 is 12.8 Å². The van der Waals surface area contributed by atoms with Gasteiger partial charge in [0.1, 0.15) is 5.76 Å². The average molecular weight is 358 g/mol. The predicted molar refractivity (Wildman–Crippen MR) is 95.9 cm³/mol. The van der Waals surface area contributed by atoms with Gasteiger partial charge in [-0.15, -0.1) is 0 Å². The van der Waals surface area contributed by atoms with Crippen LogP contribution in [-0.4, -0.2) is 50.3 Å². The molecule has 0 amide bonds. The molecule has 1 saturated carbocycles. The lowest BCUT2D eigenvalue weighted by molar-refractivity contribution is 0.192. The molecule has 1 fully saturated rings. The van der Waals surface area contributed by atoms with E-state index in [1.807, 2.05) is 12.1 Å². The fourth-order valence-corrected chi connectivity index (χ4v) is 4.66. The standard InChI is InChI=1S/C17H31N3O3S/c1-4-20(5-2)16(17-12-9-13-23-17)14-18-24(21,22)19(3)15-10-7-6-8-11-15/h9,12-13,15-16,18H,4-8,10-11,14H2,1-3H3. The van der Waals surface area contributed by atoms with Crippen LogP contribution in [0.3, 0.4) is 0 Å². The molecular weight excluding hydrogens is 326 g/mol. The van der Waals surface area contributed by atoms with Gasteiger partial charge in [0.05, 0.1) is 12.3 Å². The van der Waals surface area contributed by atoms with Crippen molar-refractivity contribution in [1.29, 1.82) is 0 Å². The van der Waals surface area contributed by atoms with E-state index in [0.29, 0.717) is 6.54 Å². The van der Waals surface area contributed by atoms with Crippen molar-refractivity contribution in [1.82, 2.24) is 13.9 Å². The average Bonchev–Trinajstić information content (AvgIpc) is 3.13. The fourth-order valence-electron chi connectivity index (χ4n) is 3.48. The second-order valence-corrected chi connectivity index (χ2v) is 8.23. The number of nitrogens with zero attached hydrogens (tertiary/aromatic N) is 2. The van der Waals surface area contributed by atoms with Gasteiger partial charge in [-0.1, -0.05) is 33.1 Å². The molecule has 7 heteroatoms. The molecule has 0 saturated heterocycles. The Labute approximate surface area is 146 Å². The first-order valence-electron chi connectivity index (χ1n) is 8.99. The molecule has 1 unspecified atom stereocenters. The molecule has 0 aliphatic heterocycles. The van der Waals surface area contributed by atoms with Crippen molar-refractivity contribution in [2.75, 3.05) is 26.7 Å². The molecule has 24 heavy (non-hydrogen) atoms. The van der Waals surface area contributed by atoms with Crippen molar-refractivity contribution >= 4 is 10.2 Å². The van der Waals surface area contributed by atoms with Crippen LogP contribution < -0.4 is 4.72 Å². The summed E-state index contributed by atoms with van der Waals surface area (Å²) >= 11 is 0. The highest BCUT2D eigenvalue weighted by Crippen LogP contribution is 2.24. The van der Waals surface area contributed by atoms with Crippen molar-refractivity contribution in [2.24, 2.45) is 0 Å². The molecule has 1 heterocycles. The number of hydrogen-bond acceptors (Lipinski definition) is 4. The zero-order valence-corrected chi connectivity index (χ0v) is 15.9. The van der Waals surface area contributed by atoms with E-state index < -0.39 is 10.2 Å². The highest BCUT2D eigenvalue weighted by Gasteiger charge is 2.29. The summed E-state index contributed by atoms with van der Waals surface area (Å²) in [5.41, 5.74) is 0. The van der Waals surface area contributed by atoms with Crippen LogP contribution in [-0.2, 0) is 10.2 Å². The quantitative estimate of drug-likeness (QED) is 0.738. The lowest BCUT2D eigenvalue weighted by Crippen LogP contribution is -2.47. The maximum atomic E-state index is 12.7. The smallest absolute Gasteiger partial charge is 0.279 e. The molecule has 1 atom stereocenters. The monoisotopic (exact) mass is 357 g/mol. The Balaban J connectivity index is 2.04. The first kappa shape index (κ1) is 19.4. The molecule has 1 aromatic rings. The third-order valence-corrected chi connectivity index (χ3v) is 6.64. The van der Waals surface area contributed by atoms with Gasteiger partial charge in [-0.2, -0.15) is 12.7 Å². The minimum Gasteiger partial charge on any atom is -0.468 e. The molecule has 6 nitrogen and oxygen atoms in total. The summed E-state index contributed by atoms with van der Waals surface area (Å²) in [4.78, 5) is 2.20. The van der Waals surface area contributed by atoms with Crippen molar-refractivity contribution in [3.05, 3.63) is 24.2 Å². The largest absolute Gasteiger partial charge is 0.468 e. The fraction of sp³-hybridized carbons (Fsp3) is 0.765. The van der Waals surface area contributed by atoms with Gasteiger partial charge in [-0.05, 0) is 38.1 Å². The van der Waals surface area contributed by atoms with Crippen LogP contribution in [0.15, 0.2) is 22.8 Å². The summed E-state index contributed by atoms with van der Waals surface area (Å²) in [6.45, 7) is 6.13. The van der Waals surface area contributed by atoms with Gasteiger partial charge in [0, 0.05) is 19.6 Å². The van der Waals surface area contributed by atoms with Crippen molar-refractivity contribution in [3.8, 4) is 0 Å². The third kappa shape index (κ3) is 4.81. The predicted octanol–water partition coefficient (Wildman–Crippen LogP) is 2.76. The van der Waals surface area contributed by atoms with Gasteiger partial charge < -0.3 is 4.42 Å². The van der Waals surface area contributed by atoms with E-state index in [9.17, 15) is 8.42 Å². The molecule has 0 bridgehead atoms. The Morgan fingerprint density at radius 1 is 1.25 bits per heavy atom. The molecule has 1 aliphatic rings. The summed E-state index contributed by atoms with van der Waals surface area (Å²) < 4.78 is 35.2. The second-order valence-electron chi connectivity index (χ2n) is 6.41. The lowest BCUT2D eigenvalue weighted by atomic mass is 9.96. The Morgan fingerprint density at radius 3 is 2.46 bits per heavy atom. The molecule has 0 aromatic carbocycles. The number of rotatable bonds is 9. The lowest BCUT2D eigenvalue weighted by Gasteiger charge is -2.32. The first-order valence-corrected chi connectivity index (χ1v) is 10.4. The minimum absolute atomic E-state index is 0.0930. The van der Waals surface area contributed by atoms with Gasteiger partial charge in [0.2, 0.25) is 0 Å². The Kier molecular flexibility index (Phi) is 7.28. The van der Waals surface area contributed by atoms with Gasteiger partial charge >= 0.3 is 0 Å². The molecule has 138 valence electrons. The van der Waals surface area contributed by atoms with E-state index >= 15 is 0 Å². The van der Waals surface area contributed by atoms with Crippen LogP contribution >= 0.6 is 0 Å². The zero-order chi connectivity index (χ0) is 17.6. The van der Waals surface area contributed by atoms with Crippen molar-refractivity contribution in [3.63, 3.8) is 0 Å². The van der Waals surface area contributed by atoms with E-state index in [1.165, 1.54) is 10.7 Å². The van der Waals surface area contributed by atoms with Crippen molar-refractivity contribution in [2.45, 2.75) is 58.0 Å². The van der Waals surface area contributed by atoms with E-state index in [-0.39, 0.29) is 12.1 Å². The van der Waals surface area contributed by atoms with E-state index in [4.69, 9.17) is 4.42 Å². The Bertz CT molecular complexity index is 564. The molecule has 0 radical (unpaired) electrons. The highest BCUT2D eigenvalue weighted by atomic mass is 32.2. The van der Waals surface area contributed by atoms with Gasteiger partial charge in [-0.3, -0.25) is 4.90 Å². The summed E-state index contributed by atoms with van der Waals surface area (Å²) in [6.07, 6.45) is 6.97. The summed E-state index contributed by atoms with van der Waals surface area (Å²) in [6, 6.07) is 3.77. The maximum absolute atomic E-state index is 12.7.